The van der Waals surface area contributed by atoms with Gasteiger partial charge in [0.1, 0.15) is 5.69 Å². The first-order chi connectivity index (χ1) is 5.68. The Morgan fingerprint density at radius 3 is 3.08 bits per heavy atom. The van der Waals surface area contributed by atoms with Crippen LogP contribution in [0.15, 0.2) is 11.4 Å². The van der Waals surface area contributed by atoms with Crippen molar-refractivity contribution in [3.05, 3.63) is 11.9 Å². The van der Waals surface area contributed by atoms with Gasteiger partial charge >= 0.3 is 5.97 Å². The third kappa shape index (κ3) is 2.49. The number of nitrogens with zero attached hydrogens (tertiary/aromatic N) is 4. The van der Waals surface area contributed by atoms with Crippen LogP contribution in [0.4, 0.5) is 0 Å². The molecule has 0 bridgehead atoms. The van der Waals surface area contributed by atoms with Gasteiger partial charge < -0.3 is 4.84 Å². The topological polar surface area (TPSA) is 69.4 Å². The summed E-state index contributed by atoms with van der Waals surface area (Å²) in [6.45, 7) is 1.27. The minimum Gasteiger partial charge on any atom is -0.319 e. The van der Waals surface area contributed by atoms with Crippen molar-refractivity contribution < 1.29 is 9.63 Å². The summed E-state index contributed by atoms with van der Waals surface area (Å²) in [7, 11) is 1.73. The van der Waals surface area contributed by atoms with E-state index in [0.717, 1.165) is 0 Å². The van der Waals surface area contributed by atoms with Gasteiger partial charge in [-0.25, -0.2) is 4.79 Å². The van der Waals surface area contributed by atoms with Gasteiger partial charge in [-0.1, -0.05) is 10.4 Å². The second-order valence-corrected chi connectivity index (χ2v) is 2.13. The van der Waals surface area contributed by atoms with Crippen molar-refractivity contribution in [3.8, 4) is 0 Å². The average molecular weight is 168 g/mol. The van der Waals surface area contributed by atoms with Gasteiger partial charge in [-0.2, -0.15) is 0 Å². The summed E-state index contributed by atoms with van der Waals surface area (Å²) >= 11 is 0. The highest BCUT2D eigenvalue weighted by atomic mass is 16.7. The van der Waals surface area contributed by atoms with Gasteiger partial charge in [-0.3, -0.25) is 4.68 Å². The van der Waals surface area contributed by atoms with E-state index < -0.39 is 5.97 Å². The smallest absolute Gasteiger partial charge is 0.319 e. The van der Waals surface area contributed by atoms with Crippen molar-refractivity contribution in [1.29, 1.82) is 0 Å². The lowest BCUT2D eigenvalue weighted by molar-refractivity contribution is -0.140. The van der Waals surface area contributed by atoms with Gasteiger partial charge in [0.15, 0.2) is 0 Å². The molecule has 0 unspecified atom stereocenters. The van der Waals surface area contributed by atoms with E-state index in [-0.39, 0.29) is 0 Å². The molecule has 0 radical (unpaired) electrons. The Labute approximate surface area is 68.8 Å². The lowest BCUT2D eigenvalue weighted by Gasteiger charge is -1.85. The Kier molecular flexibility index (Phi) is 2.52. The third-order valence-electron chi connectivity index (χ3n) is 0.987. The lowest BCUT2D eigenvalue weighted by Crippen LogP contribution is -1.91. The predicted octanol–water partition coefficient (Wildman–Crippen LogP) is -0.288. The summed E-state index contributed by atoms with van der Waals surface area (Å²) in [6.07, 6.45) is 2.96. The van der Waals surface area contributed by atoms with Crippen LogP contribution in [0.25, 0.3) is 0 Å². The van der Waals surface area contributed by atoms with Crippen LogP contribution in [-0.2, 0) is 16.7 Å². The molecule has 1 aromatic heterocycles. The molecular weight excluding hydrogens is 160 g/mol. The van der Waals surface area contributed by atoms with Crippen LogP contribution >= 0.6 is 0 Å². The molecule has 0 amide bonds. The number of carbonyl (C=O) groups excluding carboxylic acids is 1. The van der Waals surface area contributed by atoms with E-state index in [2.05, 4.69) is 20.3 Å². The molecular formula is C6H8N4O2. The van der Waals surface area contributed by atoms with Gasteiger partial charge in [0.05, 0.1) is 12.4 Å². The highest BCUT2D eigenvalue weighted by molar-refractivity contribution is 5.76. The molecule has 0 saturated heterocycles. The van der Waals surface area contributed by atoms with E-state index in [1.165, 1.54) is 17.8 Å². The van der Waals surface area contributed by atoms with Gasteiger partial charge in [-0.15, -0.1) is 5.10 Å². The van der Waals surface area contributed by atoms with Gasteiger partial charge in [0.25, 0.3) is 0 Å². The minimum absolute atomic E-state index is 0.463. The zero-order valence-corrected chi connectivity index (χ0v) is 6.76. The molecule has 0 fully saturated rings. The molecule has 0 aliphatic carbocycles. The molecule has 6 heteroatoms. The average Bonchev–Trinajstić information content (AvgIpc) is 2.35. The fraction of sp³-hybridized carbons (Fsp3) is 0.333. The summed E-state index contributed by atoms with van der Waals surface area (Å²) in [6, 6.07) is 0. The highest BCUT2D eigenvalue weighted by Gasteiger charge is 1.93. The Balaban J connectivity index is 2.52. The van der Waals surface area contributed by atoms with Crippen LogP contribution in [0.2, 0.25) is 0 Å². The molecule has 0 spiro atoms. The first-order valence-corrected chi connectivity index (χ1v) is 3.26. The Morgan fingerprint density at radius 1 is 1.83 bits per heavy atom. The summed E-state index contributed by atoms with van der Waals surface area (Å²) in [4.78, 5) is 14.6. The highest BCUT2D eigenvalue weighted by Crippen LogP contribution is 1.86. The van der Waals surface area contributed by atoms with Crippen LogP contribution in [-0.4, -0.2) is 27.2 Å². The van der Waals surface area contributed by atoms with Crippen LogP contribution in [0.3, 0.4) is 0 Å². The van der Waals surface area contributed by atoms with E-state index >= 15 is 0 Å². The molecule has 0 atom stereocenters. The third-order valence-corrected chi connectivity index (χ3v) is 0.987. The number of hydrogen-bond donors (Lipinski definition) is 0. The maximum atomic E-state index is 10.3. The summed E-state index contributed by atoms with van der Waals surface area (Å²) < 4.78 is 1.52. The predicted molar refractivity (Wildman–Crippen MR) is 40.4 cm³/mol. The molecule has 64 valence electrons. The molecule has 0 aromatic carbocycles. The second-order valence-electron chi connectivity index (χ2n) is 2.13. The van der Waals surface area contributed by atoms with Crippen molar-refractivity contribution in [3.63, 3.8) is 0 Å². The monoisotopic (exact) mass is 168 g/mol. The standard InChI is InChI=1S/C6H8N4O2/c1-5(11)12-7-3-6-4-10(2)9-8-6/h3-4H,1-2H3/b7-3+. The van der Waals surface area contributed by atoms with Crippen LogP contribution in [0.5, 0.6) is 0 Å². The number of carbonyl (C=O) groups is 1. The minimum atomic E-state index is -0.463. The normalized spacial score (nSPS) is 10.5. The van der Waals surface area contributed by atoms with E-state index in [1.54, 1.807) is 13.2 Å². The van der Waals surface area contributed by atoms with Gasteiger partial charge in [0.2, 0.25) is 0 Å². The second kappa shape index (κ2) is 3.61. The Bertz CT molecular complexity index is 304. The van der Waals surface area contributed by atoms with E-state index in [1.807, 2.05) is 0 Å². The molecule has 0 saturated carbocycles. The molecule has 6 nitrogen and oxygen atoms in total. The summed E-state index contributed by atoms with van der Waals surface area (Å²) in [5, 5.41) is 10.7. The lowest BCUT2D eigenvalue weighted by atomic mass is 10.5. The fourth-order valence-electron chi connectivity index (χ4n) is 0.579. The molecule has 1 rings (SSSR count). The van der Waals surface area contributed by atoms with Crippen LogP contribution < -0.4 is 0 Å². The quantitative estimate of drug-likeness (QED) is 0.345. The number of oxime groups is 1. The molecule has 12 heavy (non-hydrogen) atoms. The molecule has 1 heterocycles. The number of aromatic nitrogens is 3. The van der Waals surface area contributed by atoms with Crippen molar-refractivity contribution in [2.24, 2.45) is 12.2 Å². The summed E-state index contributed by atoms with van der Waals surface area (Å²) in [5.41, 5.74) is 0.541. The fourth-order valence-corrected chi connectivity index (χ4v) is 0.579. The van der Waals surface area contributed by atoms with Crippen molar-refractivity contribution >= 4 is 12.2 Å². The van der Waals surface area contributed by atoms with Crippen LogP contribution in [0, 0.1) is 0 Å². The molecule has 0 aliphatic rings. The zero-order chi connectivity index (χ0) is 8.97. The van der Waals surface area contributed by atoms with Gasteiger partial charge in [-0.05, 0) is 0 Å². The number of aryl methyl sites for hydroxylation is 1. The van der Waals surface area contributed by atoms with E-state index in [4.69, 9.17) is 0 Å². The maximum Gasteiger partial charge on any atom is 0.331 e. The molecule has 0 N–H and O–H groups in total. The SMILES string of the molecule is CC(=O)O/N=C/c1cn(C)nn1. The van der Waals surface area contributed by atoms with Crippen molar-refractivity contribution in [2.45, 2.75) is 6.92 Å². The van der Waals surface area contributed by atoms with Gasteiger partial charge in [0, 0.05) is 14.0 Å². The largest absolute Gasteiger partial charge is 0.331 e. The van der Waals surface area contributed by atoms with E-state index in [0.29, 0.717) is 5.69 Å². The first kappa shape index (κ1) is 8.38. The Morgan fingerprint density at radius 2 is 2.58 bits per heavy atom. The van der Waals surface area contributed by atoms with E-state index in [9.17, 15) is 4.79 Å². The van der Waals surface area contributed by atoms with Crippen molar-refractivity contribution in [1.82, 2.24) is 15.0 Å². The molecule has 0 aliphatic heterocycles. The maximum absolute atomic E-state index is 10.3. The zero-order valence-electron chi connectivity index (χ0n) is 6.76. The first-order valence-electron chi connectivity index (χ1n) is 3.26. The Hall–Kier alpha value is -1.72. The summed E-state index contributed by atoms with van der Waals surface area (Å²) in [5.74, 6) is -0.463. The molecule has 1 aromatic rings. The van der Waals surface area contributed by atoms with Crippen LogP contribution in [0.1, 0.15) is 12.6 Å². The van der Waals surface area contributed by atoms with Crippen molar-refractivity contribution in [2.75, 3.05) is 0 Å². The number of hydrogen-bond acceptors (Lipinski definition) is 5. The number of rotatable bonds is 2.